The fourth-order valence-corrected chi connectivity index (χ4v) is 2.23. The number of hydrogen-bond acceptors (Lipinski definition) is 2. The molecule has 0 aliphatic carbocycles. The third-order valence-corrected chi connectivity index (χ3v) is 3.39. The Hall–Kier alpha value is -0.540. The monoisotopic (exact) mass is 243 g/mol. The highest BCUT2D eigenvalue weighted by Gasteiger charge is 2.24. The van der Waals surface area contributed by atoms with Gasteiger partial charge < -0.3 is 5.32 Å². The Morgan fingerprint density at radius 2 is 2.06 bits per heavy atom. The van der Waals surface area contributed by atoms with Crippen molar-refractivity contribution in [2.24, 2.45) is 5.92 Å². The molecule has 2 unspecified atom stereocenters. The highest BCUT2D eigenvalue weighted by molar-refractivity contribution is 6.31. The van der Waals surface area contributed by atoms with E-state index in [1.165, 1.54) is 0 Å². The molecule has 0 amide bonds. The summed E-state index contributed by atoms with van der Waals surface area (Å²) in [4.78, 5) is 0. The second-order valence-electron chi connectivity index (χ2n) is 4.57. The molecular weight excluding hydrogens is 222 g/mol. The van der Waals surface area contributed by atoms with Gasteiger partial charge in [-0.25, -0.2) is 0 Å². The van der Waals surface area contributed by atoms with Crippen LogP contribution >= 0.6 is 11.6 Å². The number of rotatable bonds is 5. The summed E-state index contributed by atoms with van der Waals surface area (Å²) in [6, 6.07) is 0.602. The summed E-state index contributed by atoms with van der Waals surface area (Å²) in [5.74, 6) is 0.539. The van der Waals surface area contributed by atoms with Crippen molar-refractivity contribution in [1.82, 2.24) is 15.1 Å². The Balaban J connectivity index is 3.12. The molecule has 3 nitrogen and oxygen atoms in total. The largest absolute Gasteiger partial charge is 0.311 e. The molecule has 0 saturated carbocycles. The lowest BCUT2D eigenvalue weighted by Crippen LogP contribution is -2.27. The molecule has 92 valence electrons. The maximum atomic E-state index is 6.24. The summed E-state index contributed by atoms with van der Waals surface area (Å²) in [7, 11) is 1.98. The van der Waals surface area contributed by atoms with E-state index in [1.54, 1.807) is 6.20 Å². The molecule has 0 fully saturated rings. The first kappa shape index (κ1) is 13.5. The van der Waals surface area contributed by atoms with Crippen LogP contribution in [0.15, 0.2) is 6.20 Å². The lowest BCUT2D eigenvalue weighted by molar-refractivity contribution is 0.363. The standard InChI is InChI=1S/C12H22ClN3/c1-6-9(4)11(14-5)12-10(13)7-15-16(12)8(2)3/h7-9,11,14H,6H2,1-5H3. The van der Waals surface area contributed by atoms with Crippen LogP contribution in [0.3, 0.4) is 0 Å². The van der Waals surface area contributed by atoms with Crippen LogP contribution in [0.4, 0.5) is 0 Å². The summed E-state index contributed by atoms with van der Waals surface area (Å²) in [6.45, 7) is 8.67. The first-order chi connectivity index (χ1) is 7.52. The number of hydrogen-bond donors (Lipinski definition) is 1. The number of aromatic nitrogens is 2. The minimum atomic E-state index is 0.266. The molecule has 0 aliphatic rings. The fraction of sp³-hybridized carbons (Fsp3) is 0.750. The first-order valence-corrected chi connectivity index (χ1v) is 6.30. The number of nitrogens with one attached hydrogen (secondary N) is 1. The van der Waals surface area contributed by atoms with Crippen molar-refractivity contribution in [2.75, 3.05) is 7.05 Å². The maximum Gasteiger partial charge on any atom is 0.0834 e. The van der Waals surface area contributed by atoms with Crippen LogP contribution in [0.25, 0.3) is 0 Å². The SMILES string of the molecule is CCC(C)C(NC)c1c(Cl)cnn1C(C)C. The fourth-order valence-electron chi connectivity index (χ4n) is 1.98. The predicted octanol–water partition coefficient (Wildman–Crippen LogP) is 3.42. The van der Waals surface area contributed by atoms with Crippen LogP contribution in [0, 0.1) is 5.92 Å². The first-order valence-electron chi connectivity index (χ1n) is 5.93. The topological polar surface area (TPSA) is 29.9 Å². The van der Waals surface area contributed by atoms with Crippen LogP contribution in [-0.4, -0.2) is 16.8 Å². The second kappa shape index (κ2) is 5.69. The van der Waals surface area contributed by atoms with Crippen LogP contribution < -0.4 is 5.32 Å². The van der Waals surface area contributed by atoms with Gasteiger partial charge in [0.15, 0.2) is 0 Å². The number of halogens is 1. The van der Waals surface area contributed by atoms with Crippen LogP contribution in [0.5, 0.6) is 0 Å². The summed E-state index contributed by atoms with van der Waals surface area (Å²) in [5, 5.41) is 8.45. The van der Waals surface area contributed by atoms with Crippen molar-refractivity contribution in [3.63, 3.8) is 0 Å². The predicted molar refractivity (Wildman–Crippen MR) is 68.9 cm³/mol. The van der Waals surface area contributed by atoms with Gasteiger partial charge in [0.1, 0.15) is 0 Å². The van der Waals surface area contributed by atoms with Gasteiger partial charge in [0.2, 0.25) is 0 Å². The van der Waals surface area contributed by atoms with Crippen LogP contribution in [-0.2, 0) is 0 Å². The average Bonchev–Trinajstić information content (AvgIpc) is 2.62. The Labute approximate surface area is 103 Å². The van der Waals surface area contributed by atoms with Gasteiger partial charge in [-0.05, 0) is 26.8 Å². The summed E-state index contributed by atoms with van der Waals surface area (Å²) >= 11 is 6.24. The Bertz CT molecular complexity index is 333. The van der Waals surface area contributed by atoms with Gasteiger partial charge in [-0.3, -0.25) is 4.68 Å². The lowest BCUT2D eigenvalue weighted by atomic mass is 9.96. The van der Waals surface area contributed by atoms with Crippen LogP contribution in [0.2, 0.25) is 5.02 Å². The highest BCUT2D eigenvalue weighted by atomic mass is 35.5. The van der Waals surface area contributed by atoms with Gasteiger partial charge in [-0.1, -0.05) is 31.9 Å². The zero-order valence-corrected chi connectivity index (χ0v) is 11.5. The zero-order valence-electron chi connectivity index (χ0n) is 10.8. The Morgan fingerprint density at radius 3 is 2.50 bits per heavy atom. The Kier molecular flexibility index (Phi) is 4.81. The average molecular weight is 244 g/mol. The molecule has 0 saturated heterocycles. The third-order valence-electron chi connectivity index (χ3n) is 3.09. The smallest absolute Gasteiger partial charge is 0.0834 e. The maximum absolute atomic E-state index is 6.24. The normalized spacial score (nSPS) is 15.4. The quantitative estimate of drug-likeness (QED) is 0.859. The van der Waals surface area contributed by atoms with E-state index in [1.807, 2.05) is 11.7 Å². The van der Waals surface area contributed by atoms with E-state index in [4.69, 9.17) is 11.6 Å². The van der Waals surface area contributed by atoms with E-state index in [0.29, 0.717) is 12.0 Å². The van der Waals surface area contributed by atoms with Crippen molar-refractivity contribution in [2.45, 2.75) is 46.2 Å². The summed E-state index contributed by atoms with van der Waals surface area (Å²) < 4.78 is 2.01. The van der Waals surface area contributed by atoms with Gasteiger partial charge in [0.25, 0.3) is 0 Å². The molecule has 1 aromatic heterocycles. The molecule has 0 radical (unpaired) electrons. The lowest BCUT2D eigenvalue weighted by Gasteiger charge is -2.25. The van der Waals surface area contributed by atoms with Crippen molar-refractivity contribution >= 4 is 11.6 Å². The van der Waals surface area contributed by atoms with Crippen molar-refractivity contribution in [3.05, 3.63) is 16.9 Å². The van der Waals surface area contributed by atoms with Crippen molar-refractivity contribution in [3.8, 4) is 0 Å². The van der Waals surface area contributed by atoms with E-state index in [-0.39, 0.29) is 6.04 Å². The molecule has 0 spiro atoms. The van der Waals surface area contributed by atoms with E-state index in [2.05, 4.69) is 38.1 Å². The van der Waals surface area contributed by atoms with Gasteiger partial charge >= 0.3 is 0 Å². The zero-order chi connectivity index (χ0) is 12.3. The van der Waals surface area contributed by atoms with E-state index in [0.717, 1.165) is 17.1 Å². The van der Waals surface area contributed by atoms with Gasteiger partial charge in [0.05, 0.1) is 23.0 Å². The molecule has 1 heterocycles. The van der Waals surface area contributed by atoms with Crippen LogP contribution in [0.1, 0.15) is 51.9 Å². The number of nitrogens with zero attached hydrogens (tertiary/aromatic N) is 2. The van der Waals surface area contributed by atoms with Gasteiger partial charge in [-0.2, -0.15) is 5.10 Å². The van der Waals surface area contributed by atoms with E-state index in [9.17, 15) is 0 Å². The molecule has 1 aromatic rings. The minimum Gasteiger partial charge on any atom is -0.311 e. The van der Waals surface area contributed by atoms with Gasteiger partial charge in [0, 0.05) is 6.04 Å². The minimum absolute atomic E-state index is 0.266. The van der Waals surface area contributed by atoms with E-state index < -0.39 is 0 Å². The van der Waals surface area contributed by atoms with Crippen molar-refractivity contribution < 1.29 is 0 Å². The molecule has 2 atom stereocenters. The Morgan fingerprint density at radius 1 is 1.44 bits per heavy atom. The molecule has 0 aliphatic heterocycles. The molecular formula is C12H22ClN3. The molecule has 0 aromatic carbocycles. The highest BCUT2D eigenvalue weighted by Crippen LogP contribution is 2.31. The summed E-state index contributed by atoms with van der Waals surface area (Å²) in [5.41, 5.74) is 1.11. The van der Waals surface area contributed by atoms with Gasteiger partial charge in [-0.15, -0.1) is 0 Å². The molecule has 4 heteroatoms. The second-order valence-corrected chi connectivity index (χ2v) is 4.98. The van der Waals surface area contributed by atoms with E-state index >= 15 is 0 Å². The molecule has 1 rings (SSSR count). The van der Waals surface area contributed by atoms with Crippen molar-refractivity contribution in [1.29, 1.82) is 0 Å². The third kappa shape index (κ3) is 2.58. The molecule has 16 heavy (non-hydrogen) atoms. The summed E-state index contributed by atoms with van der Waals surface area (Å²) in [6.07, 6.45) is 2.86. The molecule has 1 N–H and O–H groups in total. The molecule has 0 bridgehead atoms.